The minimum Gasteiger partial charge on any atom is -0.494 e. The molecule has 4 rings (SSSR count). The summed E-state index contributed by atoms with van der Waals surface area (Å²) < 4.78 is 30.1. The molecule has 1 atom stereocenters. The molecular formula is C28H28ClFN4O6. The fraction of sp³-hybridized carbons (Fsp3) is 0.286. The molecule has 0 amide bonds. The Hall–Kier alpha value is -4.06. The number of hydrogen-bond donors (Lipinski definition) is 2. The molecule has 0 aliphatic rings. The number of aromatic nitrogens is 4. The van der Waals surface area contributed by atoms with Gasteiger partial charge < -0.3 is 24.4 Å². The van der Waals surface area contributed by atoms with E-state index in [1.807, 2.05) is 0 Å². The van der Waals surface area contributed by atoms with E-state index in [1.54, 1.807) is 37.4 Å². The molecule has 0 aliphatic carbocycles. The highest BCUT2D eigenvalue weighted by atomic mass is 35.5. The van der Waals surface area contributed by atoms with Crippen LogP contribution >= 0.6 is 11.6 Å². The van der Waals surface area contributed by atoms with Crippen molar-refractivity contribution in [2.24, 2.45) is 7.05 Å². The van der Waals surface area contributed by atoms with E-state index in [0.717, 1.165) is 0 Å². The molecule has 2 aromatic heterocycles. The number of aliphatic hydroxyl groups excluding tert-OH is 1. The zero-order valence-electron chi connectivity index (χ0n) is 22.1. The number of carbonyl (C=O) groups excluding carboxylic acids is 1. The molecule has 2 aromatic carbocycles. The normalized spacial score (nSPS) is 12.6. The van der Waals surface area contributed by atoms with Crippen molar-refractivity contribution in [2.45, 2.75) is 18.4 Å². The summed E-state index contributed by atoms with van der Waals surface area (Å²) in [4.78, 5) is 19.2. The first-order valence-corrected chi connectivity index (χ1v) is 12.6. The van der Waals surface area contributed by atoms with Crippen LogP contribution < -0.4 is 14.2 Å². The Labute approximate surface area is 234 Å². The van der Waals surface area contributed by atoms with Crippen LogP contribution in [0.4, 0.5) is 4.39 Å². The third-order valence-corrected chi connectivity index (χ3v) is 6.56. The highest BCUT2D eigenvalue weighted by Crippen LogP contribution is 2.38. The number of methoxy groups -OCH3 is 2. The van der Waals surface area contributed by atoms with Gasteiger partial charge in [-0.1, -0.05) is 11.6 Å². The van der Waals surface area contributed by atoms with Crippen molar-refractivity contribution in [2.75, 3.05) is 27.4 Å². The average molecular weight is 571 g/mol. The molecule has 10 nitrogen and oxygen atoms in total. The molecular weight excluding hydrogens is 543 g/mol. The summed E-state index contributed by atoms with van der Waals surface area (Å²) in [7, 11) is 4.52. The quantitative estimate of drug-likeness (QED) is 0.243. The van der Waals surface area contributed by atoms with Crippen LogP contribution in [0.2, 0.25) is 5.02 Å². The van der Waals surface area contributed by atoms with E-state index in [-0.39, 0.29) is 48.2 Å². The van der Waals surface area contributed by atoms with Crippen molar-refractivity contribution in [3.05, 3.63) is 82.5 Å². The molecule has 0 saturated carbocycles. The molecule has 0 radical (unpaired) electrons. The minimum absolute atomic E-state index is 0.0791. The van der Waals surface area contributed by atoms with Crippen molar-refractivity contribution in [1.29, 1.82) is 0 Å². The van der Waals surface area contributed by atoms with E-state index in [2.05, 4.69) is 15.2 Å². The van der Waals surface area contributed by atoms with E-state index < -0.39 is 11.4 Å². The molecule has 0 spiro atoms. The van der Waals surface area contributed by atoms with Crippen molar-refractivity contribution in [3.8, 4) is 28.5 Å². The third kappa shape index (κ3) is 6.06. The number of rotatable bonds is 12. The lowest BCUT2D eigenvalue weighted by molar-refractivity contribution is 0.0556. The molecule has 12 heteroatoms. The van der Waals surface area contributed by atoms with Crippen molar-refractivity contribution >= 4 is 17.4 Å². The van der Waals surface area contributed by atoms with Gasteiger partial charge in [0.2, 0.25) is 0 Å². The lowest BCUT2D eigenvalue weighted by atomic mass is 9.87. The molecule has 210 valence electrons. The van der Waals surface area contributed by atoms with Gasteiger partial charge in [0, 0.05) is 24.6 Å². The van der Waals surface area contributed by atoms with Crippen LogP contribution in [0.3, 0.4) is 0 Å². The van der Waals surface area contributed by atoms with Crippen LogP contribution in [-0.2, 0) is 12.6 Å². The number of Topliss-reactive ketones (excluding diaryl/α,β-unsaturated/α-hetero) is 1. The number of carbonyl (C=O) groups is 1. The molecule has 1 unspecified atom stereocenters. The number of benzene rings is 2. The Morgan fingerprint density at radius 3 is 2.45 bits per heavy atom. The average Bonchev–Trinajstić information content (AvgIpc) is 3.42. The summed E-state index contributed by atoms with van der Waals surface area (Å²) in [5.74, 6) is 0.246. The number of halogens is 2. The fourth-order valence-electron chi connectivity index (χ4n) is 4.17. The maximum Gasteiger partial charge on any atom is 0.163 e. The van der Waals surface area contributed by atoms with E-state index in [4.69, 9.17) is 30.9 Å². The summed E-state index contributed by atoms with van der Waals surface area (Å²) >= 11 is 6.01. The molecule has 2 N–H and O–H groups in total. The highest BCUT2D eigenvalue weighted by molar-refractivity contribution is 6.31. The summed E-state index contributed by atoms with van der Waals surface area (Å²) in [5, 5.41) is 29.3. The largest absolute Gasteiger partial charge is 0.494 e. The summed E-state index contributed by atoms with van der Waals surface area (Å²) in [6.07, 6.45) is 1.23. The van der Waals surface area contributed by atoms with Gasteiger partial charge in [-0.25, -0.2) is 9.37 Å². The maximum absolute atomic E-state index is 13.8. The van der Waals surface area contributed by atoms with Gasteiger partial charge in [-0.05, 0) is 55.0 Å². The first kappa shape index (κ1) is 28.9. The summed E-state index contributed by atoms with van der Waals surface area (Å²) in [5.41, 5.74) is -0.310. The monoisotopic (exact) mass is 570 g/mol. The Morgan fingerprint density at radius 2 is 1.80 bits per heavy atom. The summed E-state index contributed by atoms with van der Waals surface area (Å²) in [6.45, 7) is -0.0874. The molecule has 2 heterocycles. The van der Waals surface area contributed by atoms with Crippen LogP contribution in [0.5, 0.6) is 17.2 Å². The van der Waals surface area contributed by atoms with Gasteiger partial charge in [0.1, 0.15) is 29.6 Å². The predicted octanol–water partition coefficient (Wildman–Crippen LogP) is 3.96. The van der Waals surface area contributed by atoms with E-state index in [0.29, 0.717) is 34.1 Å². The number of pyridine rings is 1. The highest BCUT2D eigenvalue weighted by Gasteiger charge is 2.37. The zero-order chi connectivity index (χ0) is 28.9. The van der Waals surface area contributed by atoms with Crippen LogP contribution in [0.25, 0.3) is 11.3 Å². The summed E-state index contributed by atoms with van der Waals surface area (Å²) in [6, 6.07) is 12.0. The third-order valence-electron chi connectivity index (χ3n) is 6.27. The Balaban J connectivity index is 1.69. The maximum atomic E-state index is 13.8. The number of aliphatic hydroxyl groups is 2. The van der Waals surface area contributed by atoms with Gasteiger partial charge in [0.05, 0.1) is 37.7 Å². The Morgan fingerprint density at radius 1 is 1.05 bits per heavy atom. The smallest absolute Gasteiger partial charge is 0.163 e. The van der Waals surface area contributed by atoms with Gasteiger partial charge in [-0.15, -0.1) is 0 Å². The molecule has 0 saturated heterocycles. The van der Waals surface area contributed by atoms with Crippen LogP contribution in [-0.4, -0.2) is 63.4 Å². The lowest BCUT2D eigenvalue weighted by Gasteiger charge is -2.26. The number of aryl methyl sites for hydroxylation is 1. The standard InChI is InChI=1S/C28H28ClFN4O6/c1-34-31-16-26(33-34)28(37,11-10-21(36)17-5-7-22(40-13-12-35)24(15-17)39-3)25-9-8-23(38-2)27(32-25)18-4-6-20(30)19(29)14-18/h4-9,14-16,35,37H,10-13H2,1-3H3. The van der Waals surface area contributed by atoms with Gasteiger partial charge in [-0.3, -0.25) is 4.79 Å². The first-order chi connectivity index (χ1) is 19.2. The zero-order valence-corrected chi connectivity index (χ0v) is 22.9. The SMILES string of the molecule is COc1cc(C(=O)CCC(O)(c2ccc(OC)c(-c3ccc(F)c(Cl)c3)n2)c2cnn(C)n2)ccc1OCCO. The topological polar surface area (TPSA) is 129 Å². The second-order valence-corrected chi connectivity index (χ2v) is 9.22. The number of ketones is 1. The minimum atomic E-state index is -1.82. The number of hydrogen-bond acceptors (Lipinski definition) is 9. The van der Waals surface area contributed by atoms with Crippen molar-refractivity contribution in [3.63, 3.8) is 0 Å². The van der Waals surface area contributed by atoms with Gasteiger partial charge in [-0.2, -0.15) is 15.0 Å². The first-order valence-electron chi connectivity index (χ1n) is 12.2. The number of nitrogens with zero attached hydrogens (tertiary/aromatic N) is 4. The molecule has 0 bridgehead atoms. The Bertz CT molecular complexity index is 1510. The number of ether oxygens (including phenoxy) is 3. The second-order valence-electron chi connectivity index (χ2n) is 8.82. The molecule has 4 aromatic rings. The van der Waals surface area contributed by atoms with Gasteiger partial charge in [0.15, 0.2) is 22.9 Å². The van der Waals surface area contributed by atoms with Crippen LogP contribution in [0, 0.1) is 5.82 Å². The predicted molar refractivity (Wildman–Crippen MR) is 144 cm³/mol. The van der Waals surface area contributed by atoms with Gasteiger partial charge in [0.25, 0.3) is 0 Å². The van der Waals surface area contributed by atoms with E-state index in [9.17, 15) is 14.3 Å². The molecule has 0 aliphatic heterocycles. The van der Waals surface area contributed by atoms with Gasteiger partial charge >= 0.3 is 0 Å². The van der Waals surface area contributed by atoms with Crippen molar-refractivity contribution in [1.82, 2.24) is 20.0 Å². The van der Waals surface area contributed by atoms with E-state index >= 15 is 0 Å². The van der Waals surface area contributed by atoms with E-state index in [1.165, 1.54) is 43.4 Å². The fourth-order valence-corrected chi connectivity index (χ4v) is 4.35. The Kier molecular flexibility index (Phi) is 8.98. The molecule has 0 fully saturated rings. The molecule has 40 heavy (non-hydrogen) atoms. The lowest BCUT2D eigenvalue weighted by Crippen LogP contribution is -2.30. The van der Waals surface area contributed by atoms with Crippen LogP contribution in [0.1, 0.15) is 34.6 Å². The second kappa shape index (κ2) is 12.4. The van der Waals surface area contributed by atoms with Crippen molar-refractivity contribution < 1.29 is 33.6 Å². The van der Waals surface area contributed by atoms with Crippen LogP contribution in [0.15, 0.2) is 54.7 Å².